The Bertz CT molecular complexity index is 360. The SMILES string of the molecule is CC(C)(C)[Si](C)(C)OC=CCc1ccccc1. The van der Waals surface area contributed by atoms with Gasteiger partial charge in [0, 0.05) is 0 Å². The summed E-state index contributed by atoms with van der Waals surface area (Å²) in [7, 11) is -1.63. The fraction of sp³-hybridized carbons (Fsp3) is 0.467. The van der Waals surface area contributed by atoms with E-state index in [-0.39, 0.29) is 5.04 Å². The van der Waals surface area contributed by atoms with Crippen LogP contribution in [0.15, 0.2) is 42.7 Å². The first kappa shape index (κ1) is 14.0. The molecule has 2 heteroatoms. The molecule has 0 saturated carbocycles. The molecule has 17 heavy (non-hydrogen) atoms. The number of allylic oxidation sites excluding steroid dienone is 1. The summed E-state index contributed by atoms with van der Waals surface area (Å²) in [6, 6.07) is 10.4. The standard InChI is InChI=1S/C15H24OSi/c1-15(2,3)17(4,5)16-13-9-12-14-10-7-6-8-11-14/h6-11,13H,12H2,1-5H3. The molecule has 0 aliphatic heterocycles. The van der Waals surface area contributed by atoms with Crippen molar-refractivity contribution >= 4 is 8.32 Å². The van der Waals surface area contributed by atoms with Gasteiger partial charge in [0.05, 0.1) is 6.26 Å². The second-order valence-corrected chi connectivity index (χ2v) is 10.7. The molecule has 0 aliphatic carbocycles. The van der Waals surface area contributed by atoms with Crippen LogP contribution in [0.3, 0.4) is 0 Å². The topological polar surface area (TPSA) is 9.23 Å². The highest BCUT2D eigenvalue weighted by Gasteiger charge is 2.37. The zero-order valence-electron chi connectivity index (χ0n) is 11.7. The van der Waals surface area contributed by atoms with Gasteiger partial charge in [0.25, 0.3) is 0 Å². The van der Waals surface area contributed by atoms with Gasteiger partial charge >= 0.3 is 0 Å². The van der Waals surface area contributed by atoms with E-state index >= 15 is 0 Å². The van der Waals surface area contributed by atoms with Crippen LogP contribution in [0.1, 0.15) is 26.3 Å². The first-order chi connectivity index (χ1) is 7.83. The lowest BCUT2D eigenvalue weighted by atomic mass is 10.2. The monoisotopic (exact) mass is 248 g/mol. The van der Waals surface area contributed by atoms with Gasteiger partial charge in [-0.3, -0.25) is 0 Å². The molecule has 94 valence electrons. The second kappa shape index (κ2) is 5.54. The summed E-state index contributed by atoms with van der Waals surface area (Å²) in [5, 5.41) is 0.268. The molecule has 0 atom stereocenters. The van der Waals surface area contributed by atoms with Crippen molar-refractivity contribution in [1.29, 1.82) is 0 Å². The smallest absolute Gasteiger partial charge is 0.249 e. The summed E-state index contributed by atoms with van der Waals surface area (Å²) < 4.78 is 5.97. The third kappa shape index (κ3) is 4.39. The molecule has 0 radical (unpaired) electrons. The van der Waals surface area contributed by atoms with Crippen LogP contribution < -0.4 is 0 Å². The molecule has 0 spiro atoms. The fourth-order valence-corrected chi connectivity index (χ4v) is 1.98. The van der Waals surface area contributed by atoms with Gasteiger partial charge in [0.2, 0.25) is 8.32 Å². The number of hydrogen-bond acceptors (Lipinski definition) is 1. The van der Waals surface area contributed by atoms with Crippen LogP contribution in [0.25, 0.3) is 0 Å². The maximum absolute atomic E-state index is 5.97. The third-order valence-electron chi connectivity index (χ3n) is 3.46. The molecule has 0 heterocycles. The van der Waals surface area contributed by atoms with Crippen LogP contribution >= 0.6 is 0 Å². The number of rotatable bonds is 4. The van der Waals surface area contributed by atoms with E-state index in [1.54, 1.807) is 0 Å². The van der Waals surface area contributed by atoms with Gasteiger partial charge in [0.1, 0.15) is 0 Å². The van der Waals surface area contributed by atoms with Crippen molar-refractivity contribution < 1.29 is 4.43 Å². The molecule has 1 nitrogen and oxygen atoms in total. The molecule has 0 saturated heterocycles. The molecule has 0 aromatic heterocycles. The minimum absolute atomic E-state index is 0.268. The molecule has 0 bridgehead atoms. The largest absolute Gasteiger partial charge is 0.549 e. The van der Waals surface area contributed by atoms with Crippen LogP contribution in [0, 0.1) is 0 Å². The summed E-state index contributed by atoms with van der Waals surface area (Å²) in [6.45, 7) is 11.3. The molecule has 0 amide bonds. The van der Waals surface area contributed by atoms with Crippen LogP contribution in [0.5, 0.6) is 0 Å². The van der Waals surface area contributed by atoms with Crippen molar-refractivity contribution in [2.75, 3.05) is 0 Å². The van der Waals surface area contributed by atoms with Gasteiger partial charge in [-0.15, -0.1) is 0 Å². The van der Waals surface area contributed by atoms with E-state index < -0.39 is 8.32 Å². The maximum Gasteiger partial charge on any atom is 0.249 e. The average Bonchev–Trinajstić information content (AvgIpc) is 2.24. The Morgan fingerprint density at radius 2 is 1.71 bits per heavy atom. The van der Waals surface area contributed by atoms with Crippen molar-refractivity contribution in [2.45, 2.75) is 45.3 Å². The minimum atomic E-state index is -1.63. The summed E-state index contributed by atoms with van der Waals surface area (Å²) >= 11 is 0. The molecular weight excluding hydrogens is 224 g/mol. The predicted molar refractivity (Wildman–Crippen MR) is 77.6 cm³/mol. The molecule has 0 fully saturated rings. The van der Waals surface area contributed by atoms with E-state index in [0.29, 0.717) is 0 Å². The van der Waals surface area contributed by atoms with Gasteiger partial charge in [-0.1, -0.05) is 51.1 Å². The zero-order valence-corrected chi connectivity index (χ0v) is 12.7. The normalized spacial score (nSPS) is 13.0. The van der Waals surface area contributed by atoms with Crippen LogP contribution in [0.4, 0.5) is 0 Å². The average molecular weight is 248 g/mol. The Labute approximate surface area is 107 Å². The van der Waals surface area contributed by atoms with Crippen molar-refractivity contribution in [3.8, 4) is 0 Å². The molecule has 1 aromatic carbocycles. The Morgan fingerprint density at radius 3 is 2.24 bits per heavy atom. The molecule has 0 aliphatic rings. The Balaban J connectivity index is 2.47. The lowest BCUT2D eigenvalue weighted by Gasteiger charge is -2.34. The summed E-state index contributed by atoms with van der Waals surface area (Å²) in [6.07, 6.45) is 4.94. The highest BCUT2D eigenvalue weighted by Crippen LogP contribution is 2.36. The van der Waals surface area contributed by atoms with E-state index in [0.717, 1.165) is 6.42 Å². The van der Waals surface area contributed by atoms with Gasteiger partial charge in [-0.25, -0.2) is 0 Å². The Kier molecular flexibility index (Phi) is 4.58. The van der Waals surface area contributed by atoms with Crippen molar-refractivity contribution in [3.05, 3.63) is 48.2 Å². The predicted octanol–water partition coefficient (Wildman–Crippen LogP) is 4.76. The van der Waals surface area contributed by atoms with Crippen LogP contribution in [0.2, 0.25) is 18.1 Å². The Morgan fingerprint density at radius 1 is 1.12 bits per heavy atom. The lowest BCUT2D eigenvalue weighted by molar-refractivity contribution is 0.429. The van der Waals surface area contributed by atoms with E-state index in [1.807, 2.05) is 12.3 Å². The Hall–Kier alpha value is -1.02. The highest BCUT2D eigenvalue weighted by atomic mass is 28.4. The molecule has 1 aromatic rings. The molecule has 0 unspecified atom stereocenters. The summed E-state index contributed by atoms with van der Waals surface area (Å²) in [5.41, 5.74) is 1.32. The fourth-order valence-electron chi connectivity index (χ4n) is 1.19. The molecule has 1 rings (SSSR count). The number of benzene rings is 1. The van der Waals surface area contributed by atoms with Crippen molar-refractivity contribution in [3.63, 3.8) is 0 Å². The lowest BCUT2D eigenvalue weighted by Crippen LogP contribution is -2.39. The van der Waals surface area contributed by atoms with Gasteiger partial charge in [-0.2, -0.15) is 0 Å². The van der Waals surface area contributed by atoms with E-state index in [4.69, 9.17) is 4.43 Å². The summed E-state index contributed by atoms with van der Waals surface area (Å²) in [4.78, 5) is 0. The van der Waals surface area contributed by atoms with Crippen LogP contribution in [-0.4, -0.2) is 8.32 Å². The highest BCUT2D eigenvalue weighted by molar-refractivity contribution is 6.74. The zero-order chi connectivity index (χ0) is 12.9. The third-order valence-corrected chi connectivity index (χ3v) is 7.80. The maximum atomic E-state index is 5.97. The van der Waals surface area contributed by atoms with E-state index in [1.165, 1.54) is 5.56 Å². The van der Waals surface area contributed by atoms with Crippen molar-refractivity contribution in [2.24, 2.45) is 0 Å². The summed E-state index contributed by atoms with van der Waals surface area (Å²) in [5.74, 6) is 0. The van der Waals surface area contributed by atoms with Crippen molar-refractivity contribution in [1.82, 2.24) is 0 Å². The molecule has 0 N–H and O–H groups in total. The number of hydrogen-bond donors (Lipinski definition) is 0. The second-order valence-electron chi connectivity index (χ2n) is 5.94. The van der Waals surface area contributed by atoms with Crippen LogP contribution in [-0.2, 0) is 10.8 Å². The first-order valence-corrected chi connectivity index (χ1v) is 9.10. The first-order valence-electron chi connectivity index (χ1n) is 6.20. The van der Waals surface area contributed by atoms with E-state index in [9.17, 15) is 0 Å². The quantitative estimate of drug-likeness (QED) is 0.551. The van der Waals surface area contributed by atoms with Gasteiger partial charge < -0.3 is 4.43 Å². The molecular formula is C15H24OSi. The minimum Gasteiger partial charge on any atom is -0.549 e. The van der Waals surface area contributed by atoms with Gasteiger partial charge in [-0.05, 0) is 36.2 Å². The van der Waals surface area contributed by atoms with E-state index in [2.05, 4.69) is 64.2 Å². The van der Waals surface area contributed by atoms with Gasteiger partial charge in [0.15, 0.2) is 0 Å².